The number of pyridine rings is 1. The third-order valence-corrected chi connectivity index (χ3v) is 4.15. The Balaban J connectivity index is 1.77. The highest BCUT2D eigenvalue weighted by atomic mass is 15.2. The SMILES string of the molecule is Cc1ncc2c(n1)CN(c1ccnc3c1ccn3C)CC2. The summed E-state index contributed by atoms with van der Waals surface area (Å²) in [6, 6.07) is 4.24. The van der Waals surface area contributed by atoms with Crippen LogP contribution < -0.4 is 4.90 Å². The van der Waals surface area contributed by atoms with Crippen LogP contribution in [-0.2, 0) is 20.0 Å². The molecule has 21 heavy (non-hydrogen) atoms. The third kappa shape index (κ3) is 1.96. The van der Waals surface area contributed by atoms with Gasteiger partial charge in [-0.3, -0.25) is 0 Å². The lowest BCUT2D eigenvalue weighted by Crippen LogP contribution is -2.31. The van der Waals surface area contributed by atoms with Gasteiger partial charge in [-0.1, -0.05) is 0 Å². The van der Waals surface area contributed by atoms with E-state index in [4.69, 9.17) is 0 Å². The quantitative estimate of drug-likeness (QED) is 0.685. The highest BCUT2D eigenvalue weighted by Gasteiger charge is 2.20. The fraction of sp³-hybridized carbons (Fsp3) is 0.312. The Bertz CT molecular complexity index is 821. The summed E-state index contributed by atoms with van der Waals surface area (Å²) < 4.78 is 2.06. The number of aromatic nitrogens is 4. The molecule has 0 unspecified atom stereocenters. The van der Waals surface area contributed by atoms with Crippen LogP contribution >= 0.6 is 0 Å². The first-order valence-electron chi connectivity index (χ1n) is 7.19. The maximum absolute atomic E-state index is 4.60. The zero-order chi connectivity index (χ0) is 14.4. The average Bonchev–Trinajstić information content (AvgIpc) is 2.88. The van der Waals surface area contributed by atoms with Crippen molar-refractivity contribution < 1.29 is 0 Å². The first kappa shape index (κ1) is 12.3. The van der Waals surface area contributed by atoms with Crippen molar-refractivity contribution >= 4 is 16.7 Å². The van der Waals surface area contributed by atoms with E-state index in [1.165, 1.54) is 16.6 Å². The molecule has 1 aliphatic heterocycles. The molecule has 4 rings (SSSR count). The maximum Gasteiger partial charge on any atom is 0.141 e. The van der Waals surface area contributed by atoms with Crippen molar-refractivity contribution in [3.63, 3.8) is 0 Å². The average molecular weight is 279 g/mol. The van der Waals surface area contributed by atoms with Gasteiger partial charge in [0.2, 0.25) is 0 Å². The van der Waals surface area contributed by atoms with Crippen LogP contribution in [0.1, 0.15) is 17.1 Å². The number of hydrogen-bond acceptors (Lipinski definition) is 4. The fourth-order valence-corrected chi connectivity index (χ4v) is 3.03. The van der Waals surface area contributed by atoms with Gasteiger partial charge in [0.15, 0.2) is 0 Å². The Morgan fingerprint density at radius 3 is 3.00 bits per heavy atom. The topological polar surface area (TPSA) is 46.8 Å². The van der Waals surface area contributed by atoms with Crippen LogP contribution in [-0.4, -0.2) is 26.1 Å². The van der Waals surface area contributed by atoms with Crippen molar-refractivity contribution in [2.24, 2.45) is 7.05 Å². The standard InChI is InChI=1S/C16H17N5/c1-11-18-9-12-4-8-21(10-14(12)19-11)15-3-6-17-16-13(15)5-7-20(16)2/h3,5-7,9H,4,8,10H2,1-2H3. The Kier molecular flexibility index (Phi) is 2.67. The van der Waals surface area contributed by atoms with Crippen molar-refractivity contribution in [1.29, 1.82) is 0 Å². The highest BCUT2D eigenvalue weighted by Crippen LogP contribution is 2.29. The van der Waals surface area contributed by atoms with E-state index in [1.807, 2.05) is 26.4 Å². The summed E-state index contributed by atoms with van der Waals surface area (Å²) in [5, 5.41) is 1.20. The summed E-state index contributed by atoms with van der Waals surface area (Å²) in [5.41, 5.74) is 4.68. The molecular weight excluding hydrogens is 262 g/mol. The molecule has 0 spiro atoms. The zero-order valence-electron chi connectivity index (χ0n) is 12.2. The summed E-state index contributed by atoms with van der Waals surface area (Å²) in [6.07, 6.45) is 6.91. The van der Waals surface area contributed by atoms with Gasteiger partial charge < -0.3 is 9.47 Å². The second-order valence-corrected chi connectivity index (χ2v) is 5.55. The molecule has 0 saturated carbocycles. The minimum Gasteiger partial charge on any atom is -0.365 e. The first-order valence-corrected chi connectivity index (χ1v) is 7.19. The molecule has 0 N–H and O–H groups in total. The van der Waals surface area contributed by atoms with E-state index in [1.54, 1.807) is 0 Å². The van der Waals surface area contributed by atoms with Crippen molar-refractivity contribution in [3.8, 4) is 0 Å². The Hall–Kier alpha value is -2.43. The van der Waals surface area contributed by atoms with Crippen LogP contribution in [0, 0.1) is 6.92 Å². The van der Waals surface area contributed by atoms with Gasteiger partial charge in [-0.2, -0.15) is 0 Å². The molecule has 0 saturated heterocycles. The summed E-state index contributed by atoms with van der Waals surface area (Å²) in [6.45, 7) is 3.78. The summed E-state index contributed by atoms with van der Waals surface area (Å²) in [5.74, 6) is 0.843. The normalized spacial score (nSPS) is 14.5. The molecule has 0 bridgehead atoms. The van der Waals surface area contributed by atoms with E-state index in [0.717, 1.165) is 36.7 Å². The van der Waals surface area contributed by atoms with Gasteiger partial charge in [0.05, 0.1) is 12.2 Å². The zero-order valence-corrected chi connectivity index (χ0v) is 12.2. The number of hydrogen-bond donors (Lipinski definition) is 0. The number of rotatable bonds is 1. The molecule has 106 valence electrons. The molecule has 0 aliphatic carbocycles. The molecule has 0 fully saturated rings. The van der Waals surface area contributed by atoms with Crippen molar-refractivity contribution in [1.82, 2.24) is 19.5 Å². The van der Waals surface area contributed by atoms with E-state index in [2.05, 4.69) is 42.7 Å². The third-order valence-electron chi connectivity index (χ3n) is 4.15. The molecule has 0 aromatic carbocycles. The molecule has 0 amide bonds. The van der Waals surface area contributed by atoms with Gasteiger partial charge in [-0.25, -0.2) is 15.0 Å². The second kappa shape index (κ2) is 4.55. The van der Waals surface area contributed by atoms with E-state index >= 15 is 0 Å². The minimum absolute atomic E-state index is 0.840. The summed E-state index contributed by atoms with van der Waals surface area (Å²) in [4.78, 5) is 15.8. The van der Waals surface area contributed by atoms with Crippen molar-refractivity contribution in [2.75, 3.05) is 11.4 Å². The molecular formula is C16H17N5. The number of aryl methyl sites for hydroxylation is 2. The molecule has 5 heteroatoms. The number of fused-ring (bicyclic) bond motifs is 2. The Morgan fingerprint density at radius 1 is 1.19 bits per heavy atom. The van der Waals surface area contributed by atoms with E-state index in [0.29, 0.717) is 0 Å². The maximum atomic E-state index is 4.60. The van der Waals surface area contributed by atoms with Crippen LogP contribution in [0.25, 0.3) is 11.0 Å². The van der Waals surface area contributed by atoms with Crippen LogP contribution in [0.2, 0.25) is 0 Å². The van der Waals surface area contributed by atoms with Crippen LogP contribution in [0.4, 0.5) is 5.69 Å². The largest absolute Gasteiger partial charge is 0.365 e. The van der Waals surface area contributed by atoms with Crippen LogP contribution in [0.5, 0.6) is 0 Å². The number of anilines is 1. The van der Waals surface area contributed by atoms with Crippen LogP contribution in [0.15, 0.2) is 30.7 Å². The monoisotopic (exact) mass is 279 g/mol. The lowest BCUT2D eigenvalue weighted by atomic mass is 10.1. The smallest absolute Gasteiger partial charge is 0.141 e. The van der Waals surface area contributed by atoms with Crippen molar-refractivity contribution in [2.45, 2.75) is 19.9 Å². The highest BCUT2D eigenvalue weighted by molar-refractivity contribution is 5.90. The molecule has 3 aromatic heterocycles. The lowest BCUT2D eigenvalue weighted by molar-refractivity contribution is 0.699. The van der Waals surface area contributed by atoms with Crippen LogP contribution in [0.3, 0.4) is 0 Å². The first-order chi connectivity index (χ1) is 10.2. The molecule has 1 aliphatic rings. The Morgan fingerprint density at radius 2 is 2.10 bits per heavy atom. The van der Waals surface area contributed by atoms with Gasteiger partial charge in [0.1, 0.15) is 11.5 Å². The molecule has 3 aromatic rings. The fourth-order valence-electron chi connectivity index (χ4n) is 3.03. The molecule has 0 radical (unpaired) electrons. The van der Waals surface area contributed by atoms with Gasteiger partial charge in [0, 0.05) is 43.3 Å². The predicted molar refractivity (Wildman–Crippen MR) is 82.2 cm³/mol. The van der Waals surface area contributed by atoms with Gasteiger partial charge in [0.25, 0.3) is 0 Å². The lowest BCUT2D eigenvalue weighted by Gasteiger charge is -2.30. The molecule has 0 atom stereocenters. The molecule has 5 nitrogen and oxygen atoms in total. The summed E-state index contributed by atoms with van der Waals surface area (Å²) in [7, 11) is 2.03. The second-order valence-electron chi connectivity index (χ2n) is 5.55. The van der Waals surface area contributed by atoms with E-state index in [9.17, 15) is 0 Å². The van der Waals surface area contributed by atoms with Gasteiger partial charge >= 0.3 is 0 Å². The van der Waals surface area contributed by atoms with Crippen molar-refractivity contribution in [3.05, 3.63) is 47.8 Å². The number of nitrogens with zero attached hydrogens (tertiary/aromatic N) is 5. The van der Waals surface area contributed by atoms with E-state index in [-0.39, 0.29) is 0 Å². The van der Waals surface area contributed by atoms with Gasteiger partial charge in [-0.05, 0) is 31.0 Å². The Labute approximate surface area is 123 Å². The summed E-state index contributed by atoms with van der Waals surface area (Å²) >= 11 is 0. The minimum atomic E-state index is 0.840. The van der Waals surface area contributed by atoms with Gasteiger partial charge in [-0.15, -0.1) is 0 Å². The molecule has 4 heterocycles. The predicted octanol–water partition coefficient (Wildman–Crippen LogP) is 2.23. The van der Waals surface area contributed by atoms with E-state index < -0.39 is 0 Å².